The first-order valence-corrected chi connectivity index (χ1v) is 15.4. The Labute approximate surface area is 267 Å². The summed E-state index contributed by atoms with van der Waals surface area (Å²) in [6.07, 6.45) is -2.42. The third-order valence-electron chi connectivity index (χ3n) is 8.21. The molecule has 3 aromatic rings. The number of aliphatic hydroxyl groups excluding tert-OH is 1. The fraction of sp³-hybridized carbons (Fsp3) is 0.459. The van der Waals surface area contributed by atoms with E-state index in [0.717, 1.165) is 39.5 Å². The predicted molar refractivity (Wildman–Crippen MR) is 174 cm³/mol. The van der Waals surface area contributed by atoms with Crippen LogP contribution in [0.3, 0.4) is 0 Å². The normalized spacial score (nSPS) is 22.8. The highest BCUT2D eigenvalue weighted by Gasteiger charge is 2.49. The molecule has 0 saturated carbocycles. The Kier molecular flexibility index (Phi) is 12.9. The molecule has 0 amide bonds. The van der Waals surface area contributed by atoms with Crippen LogP contribution in [0.2, 0.25) is 0 Å². The van der Waals surface area contributed by atoms with Gasteiger partial charge in [0.2, 0.25) is 0 Å². The van der Waals surface area contributed by atoms with E-state index in [4.69, 9.17) is 33.2 Å². The molecule has 1 heterocycles. The summed E-state index contributed by atoms with van der Waals surface area (Å²) in [7, 11) is 4.94. The van der Waals surface area contributed by atoms with Gasteiger partial charge in [-0.1, -0.05) is 48.9 Å². The third kappa shape index (κ3) is 9.55. The Hall–Kier alpha value is -3.40. The van der Waals surface area contributed by atoms with Gasteiger partial charge in [0.15, 0.2) is 0 Å². The number of hydrogen-bond acceptors (Lipinski definition) is 8. The van der Waals surface area contributed by atoms with E-state index < -0.39 is 24.4 Å². The van der Waals surface area contributed by atoms with Gasteiger partial charge in [0, 0.05) is 5.92 Å². The van der Waals surface area contributed by atoms with Gasteiger partial charge in [-0.05, 0) is 73.4 Å². The number of benzene rings is 3. The van der Waals surface area contributed by atoms with Crippen LogP contribution in [0.25, 0.3) is 0 Å². The molecule has 1 saturated heterocycles. The molecule has 0 aromatic heterocycles. The van der Waals surface area contributed by atoms with E-state index in [2.05, 4.69) is 13.5 Å². The molecule has 1 aliphatic heterocycles. The maximum atomic E-state index is 11.0. The topological polar surface area (TPSA) is 84.8 Å². The van der Waals surface area contributed by atoms with Gasteiger partial charge in [-0.2, -0.15) is 0 Å². The van der Waals surface area contributed by atoms with Gasteiger partial charge in [0.1, 0.15) is 29.5 Å². The lowest BCUT2D eigenvalue weighted by atomic mass is 9.82. The van der Waals surface area contributed by atoms with Gasteiger partial charge in [0.25, 0.3) is 0 Å². The average Bonchev–Trinajstić information content (AvgIpc) is 3.05. The van der Waals surface area contributed by atoms with E-state index in [9.17, 15) is 5.11 Å². The molecule has 3 aromatic carbocycles. The number of aliphatic hydroxyl groups is 1. The summed E-state index contributed by atoms with van der Waals surface area (Å²) in [5.41, 5.74) is 3.96. The van der Waals surface area contributed by atoms with Crippen LogP contribution in [0.15, 0.2) is 84.9 Å². The van der Waals surface area contributed by atoms with Crippen molar-refractivity contribution in [2.75, 3.05) is 21.3 Å². The first-order valence-electron chi connectivity index (χ1n) is 15.4. The maximum absolute atomic E-state index is 11.0. The zero-order valence-corrected chi connectivity index (χ0v) is 27.3. The van der Waals surface area contributed by atoms with Crippen molar-refractivity contribution in [3.63, 3.8) is 0 Å². The van der Waals surface area contributed by atoms with Crippen LogP contribution in [0.5, 0.6) is 17.2 Å². The van der Waals surface area contributed by atoms with Gasteiger partial charge in [0.05, 0.1) is 65.6 Å². The molecule has 0 unspecified atom stereocenters. The molecule has 8 nitrogen and oxygen atoms in total. The predicted octanol–water partition coefficient (Wildman–Crippen LogP) is 6.52. The molecule has 7 atom stereocenters. The average molecular weight is 621 g/mol. The van der Waals surface area contributed by atoms with Crippen molar-refractivity contribution < 1.29 is 38.3 Å². The molecule has 1 fully saturated rings. The second-order valence-corrected chi connectivity index (χ2v) is 11.8. The number of ether oxygens (including phenoxy) is 7. The highest BCUT2D eigenvalue weighted by atomic mass is 16.6. The van der Waals surface area contributed by atoms with E-state index in [1.165, 1.54) is 0 Å². The van der Waals surface area contributed by atoms with Gasteiger partial charge >= 0.3 is 0 Å². The smallest absolute Gasteiger partial charge is 0.118 e. The molecule has 0 aliphatic carbocycles. The molecule has 0 spiro atoms. The van der Waals surface area contributed by atoms with Crippen molar-refractivity contribution in [3.05, 3.63) is 102 Å². The summed E-state index contributed by atoms with van der Waals surface area (Å²) in [5, 5.41) is 11.0. The van der Waals surface area contributed by atoms with E-state index in [1.54, 1.807) is 28.3 Å². The largest absolute Gasteiger partial charge is 0.497 e. The number of methoxy groups -OCH3 is 3. The standard InChI is InChI=1S/C37H48O8/c1-24(2)20-33-37(44-23-29-12-18-32(41-7)19-13-29)34(42-21-27-8-14-30(39-5)15-9-27)25(3)35(45-33)36(26(4)38)43-22-28-10-16-31(40-6)17-11-28/h8-19,25-26,33-38H,1,20-23H2,2-7H3/t25-,26-,33-,34-,35-,36-,37-/m1/s1. The second kappa shape index (κ2) is 16.8. The first kappa shape index (κ1) is 34.5. The molecule has 244 valence electrons. The van der Waals surface area contributed by atoms with Crippen LogP contribution in [-0.4, -0.2) is 63.1 Å². The Balaban J connectivity index is 1.59. The molecule has 1 N–H and O–H groups in total. The Morgan fingerprint density at radius 2 is 1.16 bits per heavy atom. The van der Waals surface area contributed by atoms with Crippen molar-refractivity contribution in [3.8, 4) is 17.2 Å². The lowest BCUT2D eigenvalue weighted by Crippen LogP contribution is -2.60. The summed E-state index contributed by atoms with van der Waals surface area (Å²) >= 11 is 0. The van der Waals surface area contributed by atoms with Crippen molar-refractivity contribution in [1.29, 1.82) is 0 Å². The van der Waals surface area contributed by atoms with E-state index in [1.807, 2.05) is 79.7 Å². The molecule has 0 radical (unpaired) electrons. The fourth-order valence-corrected chi connectivity index (χ4v) is 5.69. The van der Waals surface area contributed by atoms with Crippen LogP contribution in [0, 0.1) is 5.92 Å². The van der Waals surface area contributed by atoms with Gasteiger partial charge in [-0.3, -0.25) is 0 Å². The number of rotatable bonds is 16. The van der Waals surface area contributed by atoms with Crippen molar-refractivity contribution in [1.82, 2.24) is 0 Å². The quantitative estimate of drug-likeness (QED) is 0.181. The lowest BCUT2D eigenvalue weighted by molar-refractivity contribution is -0.261. The molecule has 1 aliphatic rings. The fourth-order valence-electron chi connectivity index (χ4n) is 5.69. The summed E-state index contributed by atoms with van der Waals surface area (Å²) in [4.78, 5) is 0. The second-order valence-electron chi connectivity index (χ2n) is 11.8. The third-order valence-corrected chi connectivity index (χ3v) is 8.21. The Morgan fingerprint density at radius 3 is 1.56 bits per heavy atom. The zero-order chi connectivity index (χ0) is 32.3. The van der Waals surface area contributed by atoms with Crippen molar-refractivity contribution in [2.45, 2.75) is 83.6 Å². The van der Waals surface area contributed by atoms with E-state index >= 15 is 0 Å². The van der Waals surface area contributed by atoms with Crippen LogP contribution >= 0.6 is 0 Å². The number of hydrogen-bond donors (Lipinski definition) is 1. The summed E-state index contributed by atoms with van der Waals surface area (Å²) in [6, 6.07) is 23.4. The minimum atomic E-state index is -0.791. The summed E-state index contributed by atoms with van der Waals surface area (Å²) < 4.78 is 42.5. The van der Waals surface area contributed by atoms with Crippen LogP contribution < -0.4 is 14.2 Å². The van der Waals surface area contributed by atoms with Gasteiger partial charge in [-0.15, -0.1) is 6.58 Å². The zero-order valence-electron chi connectivity index (χ0n) is 27.3. The first-order chi connectivity index (χ1) is 21.7. The Bertz CT molecular complexity index is 1310. The minimum Gasteiger partial charge on any atom is -0.497 e. The van der Waals surface area contributed by atoms with Gasteiger partial charge in [-0.25, -0.2) is 0 Å². The molecule has 45 heavy (non-hydrogen) atoms. The Morgan fingerprint density at radius 1 is 0.733 bits per heavy atom. The van der Waals surface area contributed by atoms with Crippen molar-refractivity contribution >= 4 is 0 Å². The lowest BCUT2D eigenvalue weighted by Gasteiger charge is -2.48. The SMILES string of the molecule is C=C(C)C[C@H]1O[C@@H]([C@H](OCc2ccc(OC)cc2)[C@@H](C)O)[C@H](C)[C@@H](OCc2ccc(OC)cc2)[C@@H]1OCc1ccc(OC)cc1. The van der Waals surface area contributed by atoms with Gasteiger partial charge < -0.3 is 38.3 Å². The molecular formula is C37H48O8. The molecule has 4 rings (SSSR count). The van der Waals surface area contributed by atoms with Crippen molar-refractivity contribution in [2.24, 2.45) is 5.92 Å². The highest BCUT2D eigenvalue weighted by Crippen LogP contribution is 2.37. The molecule has 0 bridgehead atoms. The minimum absolute atomic E-state index is 0.180. The van der Waals surface area contributed by atoms with Crippen LogP contribution in [0.1, 0.15) is 43.9 Å². The highest BCUT2D eigenvalue weighted by molar-refractivity contribution is 5.28. The summed E-state index contributed by atoms with van der Waals surface area (Å²) in [5.74, 6) is 2.17. The van der Waals surface area contributed by atoms with Crippen LogP contribution in [0.4, 0.5) is 0 Å². The molecular weight excluding hydrogens is 572 g/mol. The van der Waals surface area contributed by atoms with E-state index in [0.29, 0.717) is 26.2 Å². The van der Waals surface area contributed by atoms with E-state index in [-0.39, 0.29) is 18.1 Å². The maximum Gasteiger partial charge on any atom is 0.118 e. The summed E-state index contributed by atoms with van der Waals surface area (Å²) in [6.45, 7) is 11.0. The molecule has 8 heteroatoms. The monoisotopic (exact) mass is 620 g/mol. The van der Waals surface area contributed by atoms with Crippen LogP contribution in [-0.2, 0) is 38.8 Å².